The number of amides is 2. The summed E-state index contributed by atoms with van der Waals surface area (Å²) in [5.74, 6) is -0.790. The van der Waals surface area contributed by atoms with E-state index in [-0.39, 0.29) is 40.6 Å². The lowest BCUT2D eigenvalue weighted by Gasteiger charge is -2.35. The van der Waals surface area contributed by atoms with E-state index in [1.807, 2.05) is 54.6 Å². The van der Waals surface area contributed by atoms with Crippen molar-refractivity contribution in [2.45, 2.75) is 57.2 Å². The molecule has 1 fully saturated rings. The van der Waals surface area contributed by atoms with Gasteiger partial charge in [-0.05, 0) is 54.3 Å². The van der Waals surface area contributed by atoms with Gasteiger partial charge in [-0.2, -0.15) is 0 Å². The van der Waals surface area contributed by atoms with Gasteiger partial charge >= 0.3 is 0 Å². The molecule has 2 amide bonds. The van der Waals surface area contributed by atoms with Crippen LogP contribution in [0.4, 0.5) is 5.69 Å². The summed E-state index contributed by atoms with van der Waals surface area (Å²) in [6.07, 6.45) is 6.29. The first-order valence-electron chi connectivity index (χ1n) is 13.8. The molecule has 0 bridgehead atoms. The summed E-state index contributed by atoms with van der Waals surface area (Å²) in [4.78, 5) is 29.7. The van der Waals surface area contributed by atoms with E-state index < -0.39 is 28.5 Å². The molecule has 0 saturated heterocycles. The minimum Gasteiger partial charge on any atom is -0.352 e. The Kier molecular flexibility index (Phi) is 11.3. The highest BCUT2D eigenvalue weighted by Crippen LogP contribution is 2.28. The maximum atomic E-state index is 14.2. The van der Waals surface area contributed by atoms with Crippen molar-refractivity contribution in [1.82, 2.24) is 10.2 Å². The van der Waals surface area contributed by atoms with E-state index >= 15 is 0 Å². The number of nitrogens with zero attached hydrogens (tertiary/aromatic N) is 2. The van der Waals surface area contributed by atoms with Crippen LogP contribution in [-0.2, 0) is 32.6 Å². The van der Waals surface area contributed by atoms with Crippen molar-refractivity contribution in [3.8, 4) is 0 Å². The number of halogens is 3. The smallest absolute Gasteiger partial charge is 0.244 e. The van der Waals surface area contributed by atoms with Crippen LogP contribution in [0.2, 0.25) is 10.0 Å². The molecule has 1 aliphatic carbocycles. The van der Waals surface area contributed by atoms with Gasteiger partial charge in [0.1, 0.15) is 12.6 Å². The van der Waals surface area contributed by atoms with Gasteiger partial charge in [0, 0.05) is 33.5 Å². The lowest BCUT2D eigenvalue weighted by atomic mass is 9.94. The van der Waals surface area contributed by atoms with Crippen LogP contribution in [0.15, 0.2) is 77.3 Å². The van der Waals surface area contributed by atoms with Crippen LogP contribution in [0.3, 0.4) is 0 Å². The van der Waals surface area contributed by atoms with Gasteiger partial charge in [0.25, 0.3) is 0 Å². The van der Waals surface area contributed by atoms with Crippen LogP contribution < -0.4 is 9.62 Å². The number of carbonyl (C=O) groups excluding carboxylic acids is 2. The Balaban J connectivity index is 1.73. The zero-order valence-corrected chi connectivity index (χ0v) is 27.2. The van der Waals surface area contributed by atoms with E-state index in [9.17, 15) is 18.0 Å². The van der Waals surface area contributed by atoms with E-state index in [0.717, 1.165) is 58.3 Å². The number of rotatable bonds is 11. The molecule has 42 heavy (non-hydrogen) atoms. The topological polar surface area (TPSA) is 86.8 Å². The second-order valence-electron chi connectivity index (χ2n) is 10.6. The Morgan fingerprint density at radius 3 is 2.19 bits per heavy atom. The number of nitrogens with one attached hydrogen (secondary N) is 1. The molecular formula is C31H34BrCl2N3O4S. The maximum absolute atomic E-state index is 14.2. The fraction of sp³-hybridized carbons (Fsp3) is 0.355. The highest BCUT2D eigenvalue weighted by atomic mass is 79.9. The molecule has 0 aromatic heterocycles. The number of carbonyl (C=O) groups is 2. The van der Waals surface area contributed by atoms with E-state index in [0.29, 0.717) is 0 Å². The molecule has 1 atom stereocenters. The Morgan fingerprint density at radius 2 is 1.57 bits per heavy atom. The fourth-order valence-corrected chi connectivity index (χ4v) is 7.02. The van der Waals surface area contributed by atoms with Gasteiger partial charge in [-0.25, -0.2) is 8.42 Å². The lowest BCUT2D eigenvalue weighted by Crippen LogP contribution is -2.55. The third kappa shape index (κ3) is 9.20. The van der Waals surface area contributed by atoms with Gasteiger partial charge in [0.05, 0.1) is 11.9 Å². The third-order valence-corrected chi connectivity index (χ3v) is 9.35. The van der Waals surface area contributed by atoms with Crippen LogP contribution in [0.25, 0.3) is 0 Å². The molecule has 0 spiro atoms. The molecular weight excluding hydrogens is 661 g/mol. The molecule has 0 aliphatic heterocycles. The van der Waals surface area contributed by atoms with Crippen molar-refractivity contribution in [2.24, 2.45) is 0 Å². The van der Waals surface area contributed by atoms with Gasteiger partial charge in [0.15, 0.2) is 0 Å². The predicted octanol–water partition coefficient (Wildman–Crippen LogP) is 6.61. The van der Waals surface area contributed by atoms with E-state index in [1.54, 1.807) is 0 Å². The first-order chi connectivity index (χ1) is 20.0. The summed E-state index contributed by atoms with van der Waals surface area (Å²) in [5, 5.41) is 3.66. The molecule has 0 heterocycles. The summed E-state index contributed by atoms with van der Waals surface area (Å²) in [6, 6.07) is 20.5. The van der Waals surface area contributed by atoms with Crippen LogP contribution >= 0.6 is 39.1 Å². The third-order valence-electron chi connectivity index (χ3n) is 7.28. The SMILES string of the molecule is CS(=O)(=O)N(CC(=O)N(Cc1cccc(Br)c1)C(Cc1ccccc1)C(=O)NC1CCCCC1)c1cc(Cl)cc(Cl)c1. The molecule has 1 N–H and O–H groups in total. The van der Waals surface area contributed by atoms with Gasteiger partial charge in [-0.3, -0.25) is 13.9 Å². The van der Waals surface area contributed by atoms with Gasteiger partial charge in [0.2, 0.25) is 21.8 Å². The zero-order valence-electron chi connectivity index (χ0n) is 23.3. The highest BCUT2D eigenvalue weighted by molar-refractivity contribution is 9.10. The molecule has 224 valence electrons. The first-order valence-corrected chi connectivity index (χ1v) is 17.2. The van der Waals surface area contributed by atoms with Crippen molar-refractivity contribution in [1.29, 1.82) is 0 Å². The zero-order chi connectivity index (χ0) is 30.3. The monoisotopic (exact) mass is 693 g/mol. The van der Waals surface area contributed by atoms with Crippen molar-refractivity contribution in [2.75, 3.05) is 17.1 Å². The summed E-state index contributed by atoms with van der Waals surface area (Å²) in [6.45, 7) is -0.437. The Labute approximate surface area is 266 Å². The van der Waals surface area contributed by atoms with Crippen LogP contribution in [-0.4, -0.2) is 50.0 Å². The number of sulfonamides is 1. The Morgan fingerprint density at radius 1 is 0.929 bits per heavy atom. The van der Waals surface area contributed by atoms with Crippen molar-refractivity contribution in [3.63, 3.8) is 0 Å². The average molecular weight is 696 g/mol. The number of anilines is 1. The quantitative estimate of drug-likeness (QED) is 0.245. The molecule has 11 heteroatoms. The van der Waals surface area contributed by atoms with Crippen molar-refractivity contribution >= 4 is 66.7 Å². The van der Waals surface area contributed by atoms with E-state index in [1.165, 1.54) is 23.1 Å². The minimum absolute atomic E-state index is 0.0356. The predicted molar refractivity (Wildman–Crippen MR) is 172 cm³/mol. The Bertz CT molecular complexity index is 1480. The first kappa shape index (κ1) is 32.3. The highest BCUT2D eigenvalue weighted by Gasteiger charge is 2.34. The summed E-state index contributed by atoms with van der Waals surface area (Å²) in [7, 11) is -3.93. The van der Waals surface area contributed by atoms with Crippen molar-refractivity contribution < 1.29 is 18.0 Å². The van der Waals surface area contributed by atoms with Gasteiger partial charge < -0.3 is 10.2 Å². The standard InChI is InChI=1S/C31H34BrCl2N3O4S/c1-42(40,41)37(28-18-25(33)17-26(34)19-28)21-30(38)36(20-23-11-8-12-24(32)15-23)29(16-22-9-4-2-5-10-22)31(39)35-27-13-6-3-7-14-27/h2,4-5,8-12,15,17-19,27,29H,3,6-7,13-14,16,20-21H2,1H3,(H,35,39). The molecule has 1 unspecified atom stereocenters. The number of benzene rings is 3. The summed E-state index contributed by atoms with van der Waals surface area (Å²) in [5.41, 5.74) is 1.84. The van der Waals surface area contributed by atoms with Gasteiger partial charge in [-0.15, -0.1) is 0 Å². The molecule has 0 radical (unpaired) electrons. The average Bonchev–Trinajstić information content (AvgIpc) is 2.93. The second-order valence-corrected chi connectivity index (χ2v) is 14.3. The maximum Gasteiger partial charge on any atom is 0.244 e. The fourth-order valence-electron chi connectivity index (χ4n) is 5.23. The molecule has 1 saturated carbocycles. The minimum atomic E-state index is -3.93. The molecule has 3 aromatic rings. The van der Waals surface area contributed by atoms with E-state index in [4.69, 9.17) is 23.2 Å². The van der Waals surface area contributed by atoms with Crippen LogP contribution in [0.5, 0.6) is 0 Å². The van der Waals surface area contributed by atoms with E-state index in [2.05, 4.69) is 21.2 Å². The van der Waals surface area contributed by atoms with Crippen LogP contribution in [0, 0.1) is 0 Å². The molecule has 1 aliphatic rings. The van der Waals surface area contributed by atoms with Gasteiger partial charge in [-0.1, -0.05) is 101 Å². The largest absolute Gasteiger partial charge is 0.352 e. The molecule has 3 aromatic carbocycles. The summed E-state index contributed by atoms with van der Waals surface area (Å²) >= 11 is 15.9. The van der Waals surface area contributed by atoms with Crippen molar-refractivity contribution in [3.05, 3.63) is 98.4 Å². The molecule has 4 rings (SSSR count). The lowest BCUT2D eigenvalue weighted by molar-refractivity contribution is -0.140. The van der Waals surface area contributed by atoms with Crippen LogP contribution in [0.1, 0.15) is 43.2 Å². The molecule has 7 nitrogen and oxygen atoms in total. The second kappa shape index (κ2) is 14.7. The number of hydrogen-bond acceptors (Lipinski definition) is 4. The normalized spacial score (nSPS) is 14.7. The Hall–Kier alpha value is -2.59. The summed E-state index contributed by atoms with van der Waals surface area (Å²) < 4.78 is 27.7. The number of hydrogen-bond donors (Lipinski definition) is 1.